The van der Waals surface area contributed by atoms with Crippen molar-refractivity contribution in [3.05, 3.63) is 35.5 Å². The highest BCUT2D eigenvalue weighted by Gasteiger charge is 2.19. The predicted octanol–water partition coefficient (Wildman–Crippen LogP) is 2.43. The van der Waals surface area contributed by atoms with Gasteiger partial charge in [-0.3, -0.25) is 4.68 Å². The minimum absolute atomic E-state index is 0.969. The first-order valence-electron chi connectivity index (χ1n) is 5.34. The molecule has 0 unspecified atom stereocenters. The van der Waals surface area contributed by atoms with Crippen LogP contribution in [0.25, 0.3) is 16.5 Å². The molecular weight excluding hydrogens is 198 g/mol. The van der Waals surface area contributed by atoms with Crippen LogP contribution in [0.4, 0.5) is 0 Å². The van der Waals surface area contributed by atoms with E-state index in [1.165, 1.54) is 16.5 Å². The van der Waals surface area contributed by atoms with Crippen LogP contribution in [0.1, 0.15) is 17.5 Å². The lowest BCUT2D eigenvalue weighted by Crippen LogP contribution is -1.84. The van der Waals surface area contributed by atoms with Crippen molar-refractivity contribution in [1.82, 2.24) is 9.78 Å². The first-order chi connectivity index (χ1) is 7.79. The first kappa shape index (κ1) is 9.17. The van der Waals surface area contributed by atoms with Crippen molar-refractivity contribution in [3.8, 4) is 6.07 Å². The van der Waals surface area contributed by atoms with Gasteiger partial charge in [0.1, 0.15) is 0 Å². The Morgan fingerprint density at radius 1 is 1.44 bits per heavy atom. The minimum Gasteiger partial charge on any atom is -0.275 e. The Bertz CT molecular complexity index is 641. The number of hydrogen-bond donors (Lipinski definition) is 0. The van der Waals surface area contributed by atoms with Crippen molar-refractivity contribution in [2.45, 2.75) is 12.8 Å². The van der Waals surface area contributed by atoms with Gasteiger partial charge < -0.3 is 0 Å². The summed E-state index contributed by atoms with van der Waals surface area (Å²) in [4.78, 5) is 0. The summed E-state index contributed by atoms with van der Waals surface area (Å²) in [6.45, 7) is 0. The third-order valence-electron chi connectivity index (χ3n) is 3.11. The molecule has 1 heterocycles. The highest BCUT2D eigenvalue weighted by Crippen LogP contribution is 2.36. The van der Waals surface area contributed by atoms with E-state index in [9.17, 15) is 0 Å². The summed E-state index contributed by atoms with van der Waals surface area (Å²) < 4.78 is 1.83. The molecule has 0 spiro atoms. The topological polar surface area (TPSA) is 41.6 Å². The molecule has 0 atom stereocenters. The number of aromatic nitrogens is 2. The second kappa shape index (κ2) is 3.21. The molecule has 1 aliphatic rings. The van der Waals surface area contributed by atoms with Crippen LogP contribution in [0.3, 0.4) is 0 Å². The van der Waals surface area contributed by atoms with Gasteiger partial charge >= 0.3 is 0 Å². The van der Waals surface area contributed by atoms with Crippen LogP contribution in [0.2, 0.25) is 0 Å². The van der Waals surface area contributed by atoms with E-state index >= 15 is 0 Å². The molecule has 0 saturated heterocycles. The van der Waals surface area contributed by atoms with Gasteiger partial charge in [0.2, 0.25) is 0 Å². The largest absolute Gasteiger partial charge is 0.275 e. The predicted molar refractivity (Wildman–Crippen MR) is 62.6 cm³/mol. The van der Waals surface area contributed by atoms with Gasteiger partial charge in [0.25, 0.3) is 0 Å². The number of aryl methyl sites for hydroxylation is 2. The summed E-state index contributed by atoms with van der Waals surface area (Å²) >= 11 is 0. The lowest BCUT2D eigenvalue weighted by atomic mass is 10.0. The number of hydrogen-bond acceptors (Lipinski definition) is 2. The van der Waals surface area contributed by atoms with Crippen molar-refractivity contribution in [1.29, 1.82) is 5.26 Å². The van der Waals surface area contributed by atoms with Crippen LogP contribution in [-0.2, 0) is 13.5 Å². The number of fused-ring (bicyclic) bond motifs is 3. The quantitative estimate of drug-likeness (QED) is 0.625. The molecule has 3 heteroatoms. The Morgan fingerprint density at radius 3 is 3.12 bits per heavy atom. The fourth-order valence-corrected chi connectivity index (χ4v) is 2.46. The Labute approximate surface area is 93.6 Å². The molecule has 1 aromatic carbocycles. The van der Waals surface area contributed by atoms with E-state index < -0.39 is 0 Å². The Kier molecular flexibility index (Phi) is 1.84. The number of nitrogens with zero attached hydrogens (tertiary/aromatic N) is 3. The number of allylic oxidation sites excluding steroid dienone is 2. The molecule has 0 saturated carbocycles. The fourth-order valence-electron chi connectivity index (χ4n) is 2.46. The second-order valence-corrected chi connectivity index (χ2v) is 4.13. The van der Waals surface area contributed by atoms with Gasteiger partial charge in [0, 0.05) is 24.7 Å². The maximum atomic E-state index is 8.78. The summed E-state index contributed by atoms with van der Waals surface area (Å²) in [6.07, 6.45) is 5.70. The van der Waals surface area contributed by atoms with E-state index in [1.54, 1.807) is 6.08 Å². The zero-order chi connectivity index (χ0) is 11.1. The van der Waals surface area contributed by atoms with Gasteiger partial charge in [0.05, 0.1) is 11.6 Å². The van der Waals surface area contributed by atoms with Gasteiger partial charge in [-0.05, 0) is 35.6 Å². The Morgan fingerprint density at radius 2 is 2.31 bits per heavy atom. The molecule has 16 heavy (non-hydrogen) atoms. The minimum atomic E-state index is 0.969. The zero-order valence-electron chi connectivity index (χ0n) is 9.07. The van der Waals surface area contributed by atoms with Crippen molar-refractivity contribution in [2.24, 2.45) is 7.05 Å². The van der Waals surface area contributed by atoms with Crippen LogP contribution in [0.15, 0.2) is 24.4 Å². The Balaban J connectivity index is 2.37. The van der Waals surface area contributed by atoms with E-state index in [-0.39, 0.29) is 0 Å². The van der Waals surface area contributed by atoms with E-state index in [0.29, 0.717) is 0 Å². The maximum Gasteiger partial charge on any atom is 0.0929 e. The van der Waals surface area contributed by atoms with Gasteiger partial charge in [-0.2, -0.15) is 10.4 Å². The van der Waals surface area contributed by atoms with Crippen LogP contribution in [0.5, 0.6) is 0 Å². The lowest BCUT2D eigenvalue weighted by molar-refractivity contribution is 0.779. The molecule has 78 valence electrons. The van der Waals surface area contributed by atoms with E-state index in [0.717, 1.165) is 23.9 Å². The summed E-state index contributed by atoms with van der Waals surface area (Å²) in [5, 5.41) is 14.3. The van der Waals surface area contributed by atoms with Gasteiger partial charge in [-0.1, -0.05) is 6.07 Å². The molecule has 3 rings (SSSR count). The molecule has 2 aromatic rings. The molecule has 0 radical (unpaired) electrons. The third-order valence-corrected chi connectivity index (χ3v) is 3.11. The average Bonchev–Trinajstić information content (AvgIpc) is 2.81. The van der Waals surface area contributed by atoms with Gasteiger partial charge in [-0.25, -0.2) is 0 Å². The lowest BCUT2D eigenvalue weighted by Gasteiger charge is -2.00. The molecule has 0 fully saturated rings. The molecule has 3 nitrogen and oxygen atoms in total. The molecule has 1 aromatic heterocycles. The second-order valence-electron chi connectivity index (χ2n) is 4.13. The monoisotopic (exact) mass is 209 g/mol. The smallest absolute Gasteiger partial charge is 0.0929 e. The molecule has 1 aliphatic carbocycles. The van der Waals surface area contributed by atoms with Crippen molar-refractivity contribution in [3.63, 3.8) is 0 Å². The zero-order valence-corrected chi connectivity index (χ0v) is 9.07. The van der Waals surface area contributed by atoms with Crippen molar-refractivity contribution in [2.75, 3.05) is 0 Å². The Hall–Kier alpha value is -2.08. The van der Waals surface area contributed by atoms with Gasteiger partial charge in [-0.15, -0.1) is 0 Å². The van der Waals surface area contributed by atoms with Crippen molar-refractivity contribution < 1.29 is 0 Å². The highest BCUT2D eigenvalue weighted by molar-refractivity contribution is 5.95. The van der Waals surface area contributed by atoms with E-state index in [2.05, 4.69) is 23.3 Å². The maximum absolute atomic E-state index is 8.78. The molecule has 0 amide bonds. The first-order valence-corrected chi connectivity index (χ1v) is 5.34. The molecular formula is C13H11N3. The van der Waals surface area contributed by atoms with E-state index in [1.807, 2.05) is 17.9 Å². The summed E-state index contributed by atoms with van der Waals surface area (Å²) in [7, 11) is 1.93. The molecule has 0 aliphatic heterocycles. The van der Waals surface area contributed by atoms with Crippen LogP contribution in [0, 0.1) is 11.3 Å². The van der Waals surface area contributed by atoms with Gasteiger partial charge in [0.15, 0.2) is 0 Å². The fraction of sp³-hybridized carbons (Fsp3) is 0.231. The van der Waals surface area contributed by atoms with Crippen LogP contribution >= 0.6 is 0 Å². The normalized spacial score (nSPS) is 16.6. The number of nitriles is 1. The number of rotatable bonds is 0. The summed E-state index contributed by atoms with van der Waals surface area (Å²) in [6, 6.07) is 6.32. The van der Waals surface area contributed by atoms with Crippen LogP contribution < -0.4 is 0 Å². The van der Waals surface area contributed by atoms with Crippen molar-refractivity contribution >= 4 is 16.5 Å². The van der Waals surface area contributed by atoms with Crippen LogP contribution in [-0.4, -0.2) is 9.78 Å². The van der Waals surface area contributed by atoms with E-state index in [4.69, 9.17) is 5.26 Å². The number of benzene rings is 1. The highest BCUT2D eigenvalue weighted by atomic mass is 15.2. The summed E-state index contributed by atoms with van der Waals surface area (Å²) in [5.41, 5.74) is 4.72. The molecule has 0 bridgehead atoms. The third kappa shape index (κ3) is 1.17. The average molecular weight is 209 g/mol. The summed E-state index contributed by atoms with van der Waals surface area (Å²) in [5.74, 6) is 0. The molecule has 0 N–H and O–H groups in total. The SMILES string of the molecule is Cn1cc2c3c(ccc2n1)CCC3=CC#N. The standard InChI is InChI=1S/C13H11N3/c1-16-8-11-12(15-16)5-4-9-2-3-10(6-7-14)13(9)11/h4-6,8H,2-3H2,1H3.